The van der Waals surface area contributed by atoms with Crippen LogP contribution in [0.1, 0.15) is 81.5 Å². The first kappa shape index (κ1) is 44.7. The molecule has 1 aromatic carbocycles. The van der Waals surface area contributed by atoms with Gasteiger partial charge in [0.05, 0.1) is 81.1 Å². The second-order valence-electron chi connectivity index (χ2n) is 13.1. The lowest BCUT2D eigenvalue weighted by Gasteiger charge is -2.32. The summed E-state index contributed by atoms with van der Waals surface area (Å²) in [6, 6.07) is 17.1. The number of aliphatic imine (C=N–C) groups is 1. The van der Waals surface area contributed by atoms with E-state index in [-0.39, 0.29) is 17.3 Å². The highest BCUT2D eigenvalue weighted by atomic mass is 32.1. The average Bonchev–Trinajstić information content (AvgIpc) is 3.20. The van der Waals surface area contributed by atoms with Gasteiger partial charge in [-0.05, 0) is 67.0 Å². The molecule has 15 nitrogen and oxygen atoms in total. The Balaban J connectivity index is 1.39. The van der Waals surface area contributed by atoms with Crippen LogP contribution in [0, 0.1) is 0 Å². The number of ether oxygens (including phenoxy) is 4. The van der Waals surface area contributed by atoms with Crippen molar-refractivity contribution >= 4 is 29.3 Å². The Bertz CT molecular complexity index is 1640. The molecule has 3 heterocycles. The van der Waals surface area contributed by atoms with E-state index in [4.69, 9.17) is 18.9 Å². The fourth-order valence-corrected chi connectivity index (χ4v) is 6.21. The number of hydrogen-bond donors (Lipinski definition) is 4. The van der Waals surface area contributed by atoms with Crippen LogP contribution in [0.5, 0.6) is 0 Å². The lowest BCUT2D eigenvalue weighted by molar-refractivity contribution is -0.0461. The highest BCUT2D eigenvalue weighted by Gasteiger charge is 2.25. The molecule has 1 saturated heterocycles. The number of aliphatic hydroxyl groups excluding tert-OH is 1. The standard InChI is InChI=1S/C40H54N6O9S/c47-38(42-16-4-2-1-3-15-41-30-56)32-13-11-31(12-14-32)37(34-8-6-10-36(44-34)40(50)51)46-19-23-54-27-25-52-21-17-45(18-22-53-26-28-55-24-20-46)29-33-7-5-9-35(43-33)39(48)49/h5-14,37,40,50-51H,1-4,15-29H2,(H,42,47)(H,48,49). The van der Waals surface area contributed by atoms with Crippen molar-refractivity contribution < 1.29 is 43.9 Å². The Morgan fingerprint density at radius 1 is 0.768 bits per heavy atom. The van der Waals surface area contributed by atoms with Crippen LogP contribution >= 0.6 is 12.2 Å². The number of carbonyl (C=O) groups excluding carboxylic acids is 1. The molecule has 1 aliphatic heterocycles. The number of carboxylic acid groups (broad SMARTS) is 1. The van der Waals surface area contributed by atoms with Gasteiger partial charge in [0.1, 0.15) is 5.69 Å². The minimum atomic E-state index is -1.74. The van der Waals surface area contributed by atoms with Gasteiger partial charge in [0.2, 0.25) is 0 Å². The Kier molecular flexibility index (Phi) is 20.7. The molecule has 1 fully saturated rings. The number of nitrogens with one attached hydrogen (secondary N) is 1. The number of hydrogen-bond acceptors (Lipinski definition) is 14. The molecule has 4 N–H and O–H groups in total. The molecule has 304 valence electrons. The van der Waals surface area contributed by atoms with Gasteiger partial charge in [0.25, 0.3) is 5.91 Å². The Morgan fingerprint density at radius 2 is 1.38 bits per heavy atom. The Morgan fingerprint density at radius 3 is 2.00 bits per heavy atom. The summed E-state index contributed by atoms with van der Waals surface area (Å²) < 4.78 is 23.8. The number of unbranched alkanes of at least 4 members (excludes halogenated alkanes) is 3. The van der Waals surface area contributed by atoms with Crippen LogP contribution in [0.25, 0.3) is 0 Å². The lowest BCUT2D eigenvalue weighted by Crippen LogP contribution is -2.36. The summed E-state index contributed by atoms with van der Waals surface area (Å²) in [5, 5.41) is 34.6. The number of carbonyl (C=O) groups is 2. The van der Waals surface area contributed by atoms with Crippen LogP contribution < -0.4 is 5.32 Å². The molecule has 1 amide bonds. The summed E-state index contributed by atoms with van der Waals surface area (Å²) >= 11 is 4.60. The molecular formula is C40H54N6O9S. The van der Waals surface area contributed by atoms with Gasteiger partial charge in [-0.25, -0.2) is 14.8 Å². The van der Waals surface area contributed by atoms with Crippen LogP contribution in [-0.2, 0) is 25.5 Å². The fraction of sp³-hybridized carbons (Fsp3) is 0.525. The third-order valence-corrected chi connectivity index (χ3v) is 9.17. The number of isothiocyanates is 1. The van der Waals surface area contributed by atoms with E-state index in [0.29, 0.717) is 116 Å². The quantitative estimate of drug-likeness (QED) is 0.0757. The normalized spacial score (nSPS) is 16.6. The van der Waals surface area contributed by atoms with E-state index in [2.05, 4.69) is 47.5 Å². The third-order valence-electron chi connectivity index (χ3n) is 9.04. The fourth-order valence-electron chi connectivity index (χ4n) is 6.12. The van der Waals surface area contributed by atoms with Crippen LogP contribution in [0.2, 0.25) is 0 Å². The maximum atomic E-state index is 13.0. The van der Waals surface area contributed by atoms with Crippen molar-refractivity contribution in [2.24, 2.45) is 4.99 Å². The van der Waals surface area contributed by atoms with E-state index in [1.807, 2.05) is 18.2 Å². The summed E-state index contributed by atoms with van der Waals surface area (Å²) in [5.41, 5.74) is 2.79. The molecule has 4 rings (SSSR count). The van der Waals surface area contributed by atoms with Crippen molar-refractivity contribution in [2.45, 2.75) is 44.6 Å². The zero-order valence-corrected chi connectivity index (χ0v) is 32.6. The van der Waals surface area contributed by atoms with Gasteiger partial charge in [0, 0.05) is 51.4 Å². The highest BCUT2D eigenvalue weighted by molar-refractivity contribution is 7.78. The first-order valence-corrected chi connectivity index (χ1v) is 19.5. The van der Waals surface area contributed by atoms with E-state index in [1.165, 1.54) is 6.07 Å². The number of pyridine rings is 2. The number of aromatic nitrogens is 2. The zero-order valence-electron chi connectivity index (χ0n) is 31.8. The van der Waals surface area contributed by atoms with Gasteiger partial charge in [0.15, 0.2) is 6.29 Å². The summed E-state index contributed by atoms with van der Waals surface area (Å²) in [5.74, 6) is -1.22. The van der Waals surface area contributed by atoms with E-state index >= 15 is 0 Å². The molecule has 1 atom stereocenters. The summed E-state index contributed by atoms with van der Waals surface area (Å²) in [6.45, 7) is 7.03. The molecular weight excluding hydrogens is 741 g/mol. The number of carboxylic acids is 1. The monoisotopic (exact) mass is 794 g/mol. The molecule has 0 saturated carbocycles. The zero-order chi connectivity index (χ0) is 39.8. The van der Waals surface area contributed by atoms with Gasteiger partial charge in [-0.3, -0.25) is 19.6 Å². The van der Waals surface area contributed by atoms with Crippen LogP contribution in [0.3, 0.4) is 0 Å². The van der Waals surface area contributed by atoms with Crippen LogP contribution in [0.4, 0.5) is 0 Å². The molecule has 1 unspecified atom stereocenters. The van der Waals surface area contributed by atoms with E-state index in [9.17, 15) is 24.9 Å². The number of benzene rings is 1. The minimum Gasteiger partial charge on any atom is -0.477 e. The van der Waals surface area contributed by atoms with Gasteiger partial charge in [-0.2, -0.15) is 0 Å². The smallest absolute Gasteiger partial charge is 0.354 e. The Labute approximate surface area is 333 Å². The molecule has 56 heavy (non-hydrogen) atoms. The maximum absolute atomic E-state index is 13.0. The first-order chi connectivity index (χ1) is 27.4. The van der Waals surface area contributed by atoms with Crippen molar-refractivity contribution in [1.29, 1.82) is 0 Å². The largest absolute Gasteiger partial charge is 0.477 e. The van der Waals surface area contributed by atoms with E-state index in [0.717, 1.165) is 31.2 Å². The van der Waals surface area contributed by atoms with E-state index < -0.39 is 18.3 Å². The maximum Gasteiger partial charge on any atom is 0.354 e. The molecule has 1 aliphatic rings. The van der Waals surface area contributed by atoms with Crippen molar-refractivity contribution in [2.75, 3.05) is 92.1 Å². The Hall–Kier alpha value is -4.06. The van der Waals surface area contributed by atoms with Gasteiger partial charge in [-0.1, -0.05) is 37.1 Å². The summed E-state index contributed by atoms with van der Waals surface area (Å²) in [4.78, 5) is 41.4. The van der Waals surface area contributed by atoms with Crippen LogP contribution in [0.15, 0.2) is 65.7 Å². The minimum absolute atomic E-state index is 0.00509. The molecule has 3 aromatic rings. The highest BCUT2D eigenvalue weighted by Crippen LogP contribution is 2.29. The van der Waals surface area contributed by atoms with Crippen molar-refractivity contribution in [3.63, 3.8) is 0 Å². The predicted molar refractivity (Wildman–Crippen MR) is 212 cm³/mol. The lowest BCUT2D eigenvalue weighted by atomic mass is 9.99. The molecule has 0 spiro atoms. The average molecular weight is 795 g/mol. The van der Waals surface area contributed by atoms with Gasteiger partial charge in [-0.15, -0.1) is 0 Å². The second-order valence-corrected chi connectivity index (χ2v) is 13.3. The summed E-state index contributed by atoms with van der Waals surface area (Å²) in [6.07, 6.45) is 2.07. The third kappa shape index (κ3) is 16.2. The van der Waals surface area contributed by atoms with Crippen molar-refractivity contribution in [1.82, 2.24) is 25.1 Å². The first-order valence-electron chi connectivity index (χ1n) is 19.1. The number of rotatable bonds is 15. The summed E-state index contributed by atoms with van der Waals surface area (Å²) in [7, 11) is 0. The SMILES string of the molecule is O=C(NCCCCCCN=C=S)c1ccc(C(c2cccc(C(O)O)n2)N2CCOCCOCCN(Cc3cccc(C(=O)O)n3)CCOCCOCC2)cc1. The molecule has 16 heteroatoms. The number of aromatic carboxylic acids is 1. The van der Waals surface area contributed by atoms with Gasteiger partial charge >= 0.3 is 5.97 Å². The second kappa shape index (κ2) is 26.0. The molecule has 0 bridgehead atoms. The van der Waals surface area contributed by atoms with Crippen LogP contribution in [-0.4, -0.2) is 144 Å². The number of thiocarbonyl (C=S) groups is 1. The molecule has 0 aliphatic carbocycles. The predicted octanol–water partition coefficient (Wildman–Crippen LogP) is 3.52. The number of nitrogens with zero attached hydrogens (tertiary/aromatic N) is 5. The van der Waals surface area contributed by atoms with Gasteiger partial charge < -0.3 is 39.6 Å². The van der Waals surface area contributed by atoms with E-state index in [1.54, 1.807) is 36.4 Å². The van der Waals surface area contributed by atoms with Crippen molar-refractivity contribution in [3.8, 4) is 0 Å². The molecule has 2 aromatic heterocycles. The topological polar surface area (TPSA) is 188 Å². The molecule has 0 radical (unpaired) electrons. The number of amides is 1. The van der Waals surface area contributed by atoms with Crippen molar-refractivity contribution in [3.05, 3.63) is 94.6 Å². The number of aliphatic hydroxyl groups is 2.